The van der Waals surface area contributed by atoms with Gasteiger partial charge in [-0.25, -0.2) is 0 Å². The molecule has 2 N–H and O–H groups in total. The van der Waals surface area contributed by atoms with Crippen molar-refractivity contribution in [1.29, 1.82) is 0 Å². The van der Waals surface area contributed by atoms with Gasteiger partial charge in [-0.15, -0.1) is 0 Å². The van der Waals surface area contributed by atoms with Crippen molar-refractivity contribution < 1.29 is 4.79 Å². The second-order valence-corrected chi connectivity index (χ2v) is 7.39. The van der Waals surface area contributed by atoms with Crippen molar-refractivity contribution in [2.45, 2.75) is 19.5 Å². The molecular formula is C21H26ClN3O. The minimum Gasteiger partial charge on any atom is -0.340 e. The molecule has 1 fully saturated rings. The van der Waals surface area contributed by atoms with Crippen LogP contribution in [0.5, 0.6) is 0 Å². The average molecular weight is 372 g/mol. The van der Waals surface area contributed by atoms with Gasteiger partial charge in [-0.2, -0.15) is 0 Å². The minimum atomic E-state index is -0.270. The summed E-state index contributed by atoms with van der Waals surface area (Å²) in [6, 6.07) is 17.5. The number of carbonyl (C=O) groups is 1. The number of piperazine rings is 1. The molecule has 5 heteroatoms. The standard InChI is InChI=1S/C21H26ClN3O/c1-16(20(23)18-7-3-2-4-8-18)21(26)25-12-10-24(11-13-25)15-17-6-5-9-19(22)14-17/h2-9,14,16,20H,10-13,15,23H2,1H3. The van der Waals surface area contributed by atoms with E-state index in [1.807, 2.05) is 60.4 Å². The smallest absolute Gasteiger partial charge is 0.227 e. The van der Waals surface area contributed by atoms with E-state index in [-0.39, 0.29) is 17.9 Å². The van der Waals surface area contributed by atoms with Gasteiger partial charge in [0, 0.05) is 43.8 Å². The molecule has 1 aliphatic rings. The van der Waals surface area contributed by atoms with Crippen LogP contribution in [0, 0.1) is 5.92 Å². The first kappa shape index (κ1) is 18.9. The monoisotopic (exact) mass is 371 g/mol. The van der Waals surface area contributed by atoms with Crippen LogP contribution < -0.4 is 5.73 Å². The van der Waals surface area contributed by atoms with Crippen LogP contribution in [0.1, 0.15) is 24.1 Å². The van der Waals surface area contributed by atoms with Gasteiger partial charge in [0.15, 0.2) is 0 Å². The Morgan fingerprint density at radius 2 is 1.77 bits per heavy atom. The van der Waals surface area contributed by atoms with E-state index in [0.29, 0.717) is 0 Å². The zero-order valence-electron chi connectivity index (χ0n) is 15.1. The molecule has 2 atom stereocenters. The first-order chi connectivity index (χ1) is 12.5. The van der Waals surface area contributed by atoms with Gasteiger partial charge in [-0.1, -0.05) is 61.0 Å². The molecular weight excluding hydrogens is 346 g/mol. The summed E-state index contributed by atoms with van der Waals surface area (Å²) >= 11 is 6.06. The van der Waals surface area contributed by atoms with Crippen molar-refractivity contribution in [3.05, 3.63) is 70.7 Å². The summed E-state index contributed by atoms with van der Waals surface area (Å²) in [5, 5.41) is 0.764. The Kier molecular flexibility index (Phi) is 6.30. The SMILES string of the molecule is CC(C(=O)N1CCN(Cc2cccc(Cl)c2)CC1)C(N)c1ccccc1. The van der Waals surface area contributed by atoms with Crippen molar-refractivity contribution in [2.24, 2.45) is 11.7 Å². The van der Waals surface area contributed by atoms with Gasteiger partial charge in [0.2, 0.25) is 5.91 Å². The Balaban J connectivity index is 1.53. The molecule has 3 rings (SSSR count). The largest absolute Gasteiger partial charge is 0.340 e. The number of hydrogen-bond acceptors (Lipinski definition) is 3. The Morgan fingerprint density at radius 1 is 1.08 bits per heavy atom. The lowest BCUT2D eigenvalue weighted by atomic mass is 9.94. The Morgan fingerprint density at radius 3 is 2.42 bits per heavy atom. The highest BCUT2D eigenvalue weighted by molar-refractivity contribution is 6.30. The van der Waals surface area contributed by atoms with E-state index < -0.39 is 0 Å². The molecule has 1 amide bonds. The molecule has 0 radical (unpaired) electrons. The van der Waals surface area contributed by atoms with Crippen molar-refractivity contribution >= 4 is 17.5 Å². The lowest BCUT2D eigenvalue weighted by molar-refractivity contribution is -0.137. The lowest BCUT2D eigenvalue weighted by Crippen LogP contribution is -2.50. The predicted octanol–water partition coefficient (Wildman–Crippen LogP) is 3.32. The Hall–Kier alpha value is -1.88. The number of hydrogen-bond donors (Lipinski definition) is 1. The molecule has 1 aliphatic heterocycles. The summed E-state index contributed by atoms with van der Waals surface area (Å²) in [4.78, 5) is 17.1. The van der Waals surface area contributed by atoms with Gasteiger partial charge in [-0.05, 0) is 23.3 Å². The molecule has 2 aromatic rings. The third kappa shape index (κ3) is 4.64. The average Bonchev–Trinajstić information content (AvgIpc) is 2.67. The maximum absolute atomic E-state index is 12.8. The fraction of sp³-hybridized carbons (Fsp3) is 0.381. The van der Waals surface area contributed by atoms with E-state index in [9.17, 15) is 4.79 Å². The van der Waals surface area contributed by atoms with Gasteiger partial charge in [-0.3, -0.25) is 9.69 Å². The maximum Gasteiger partial charge on any atom is 0.227 e. The van der Waals surface area contributed by atoms with Crippen molar-refractivity contribution in [3.8, 4) is 0 Å². The van der Waals surface area contributed by atoms with E-state index in [4.69, 9.17) is 17.3 Å². The van der Waals surface area contributed by atoms with Gasteiger partial charge < -0.3 is 10.6 Å². The highest BCUT2D eigenvalue weighted by Crippen LogP contribution is 2.22. The quantitative estimate of drug-likeness (QED) is 0.877. The second kappa shape index (κ2) is 8.67. The van der Waals surface area contributed by atoms with Crippen LogP contribution in [-0.4, -0.2) is 41.9 Å². The summed E-state index contributed by atoms with van der Waals surface area (Å²) in [6.45, 7) is 6.01. The van der Waals surface area contributed by atoms with Crippen LogP contribution in [0.4, 0.5) is 0 Å². The predicted molar refractivity (Wildman–Crippen MR) is 106 cm³/mol. The topological polar surface area (TPSA) is 49.6 Å². The van der Waals surface area contributed by atoms with Crippen LogP contribution in [0.15, 0.2) is 54.6 Å². The molecule has 0 saturated carbocycles. The molecule has 0 aromatic heterocycles. The van der Waals surface area contributed by atoms with Crippen LogP contribution in [0.3, 0.4) is 0 Å². The van der Waals surface area contributed by atoms with Gasteiger partial charge >= 0.3 is 0 Å². The second-order valence-electron chi connectivity index (χ2n) is 6.96. The summed E-state index contributed by atoms with van der Waals surface area (Å²) < 4.78 is 0. The first-order valence-electron chi connectivity index (χ1n) is 9.10. The summed E-state index contributed by atoms with van der Waals surface area (Å²) in [7, 11) is 0. The maximum atomic E-state index is 12.8. The number of benzene rings is 2. The molecule has 26 heavy (non-hydrogen) atoms. The molecule has 0 bridgehead atoms. The Labute approximate surface area is 160 Å². The van der Waals surface area contributed by atoms with E-state index in [1.165, 1.54) is 5.56 Å². The fourth-order valence-corrected chi connectivity index (χ4v) is 3.64. The number of halogens is 1. The van der Waals surface area contributed by atoms with Crippen LogP contribution in [0.25, 0.3) is 0 Å². The van der Waals surface area contributed by atoms with Crippen molar-refractivity contribution in [1.82, 2.24) is 9.80 Å². The third-order valence-electron chi connectivity index (χ3n) is 5.09. The molecule has 138 valence electrons. The molecule has 1 saturated heterocycles. The van der Waals surface area contributed by atoms with Crippen molar-refractivity contribution in [2.75, 3.05) is 26.2 Å². The van der Waals surface area contributed by atoms with Crippen LogP contribution >= 0.6 is 11.6 Å². The zero-order valence-corrected chi connectivity index (χ0v) is 15.9. The highest BCUT2D eigenvalue weighted by Gasteiger charge is 2.29. The summed E-state index contributed by atoms with van der Waals surface area (Å²) in [5.74, 6) is -0.0827. The first-order valence-corrected chi connectivity index (χ1v) is 9.48. The minimum absolute atomic E-state index is 0.142. The normalized spacial score (nSPS) is 17.7. The molecule has 1 heterocycles. The molecule has 2 aromatic carbocycles. The van der Waals surface area contributed by atoms with E-state index in [2.05, 4.69) is 11.0 Å². The van der Waals surface area contributed by atoms with Crippen molar-refractivity contribution in [3.63, 3.8) is 0 Å². The number of nitrogens with zero attached hydrogens (tertiary/aromatic N) is 2. The third-order valence-corrected chi connectivity index (χ3v) is 5.33. The molecule has 4 nitrogen and oxygen atoms in total. The number of amides is 1. The number of rotatable bonds is 5. The zero-order chi connectivity index (χ0) is 18.5. The van der Waals surface area contributed by atoms with Crippen LogP contribution in [-0.2, 0) is 11.3 Å². The molecule has 2 unspecified atom stereocenters. The number of nitrogens with two attached hydrogens (primary N) is 1. The summed E-state index contributed by atoms with van der Waals surface area (Å²) in [5.41, 5.74) is 8.53. The molecule has 0 aliphatic carbocycles. The fourth-order valence-electron chi connectivity index (χ4n) is 3.43. The van der Waals surface area contributed by atoms with E-state index >= 15 is 0 Å². The lowest BCUT2D eigenvalue weighted by Gasteiger charge is -2.37. The summed E-state index contributed by atoms with van der Waals surface area (Å²) in [6.07, 6.45) is 0. The number of carbonyl (C=O) groups excluding carboxylic acids is 1. The van der Waals surface area contributed by atoms with E-state index in [0.717, 1.165) is 43.3 Å². The van der Waals surface area contributed by atoms with Gasteiger partial charge in [0.1, 0.15) is 0 Å². The van der Waals surface area contributed by atoms with Crippen LogP contribution in [0.2, 0.25) is 5.02 Å². The molecule has 0 spiro atoms. The Bertz CT molecular complexity index is 729. The highest BCUT2D eigenvalue weighted by atomic mass is 35.5. The van der Waals surface area contributed by atoms with Gasteiger partial charge in [0.25, 0.3) is 0 Å². The van der Waals surface area contributed by atoms with E-state index in [1.54, 1.807) is 0 Å². The van der Waals surface area contributed by atoms with Gasteiger partial charge in [0.05, 0.1) is 5.92 Å².